The summed E-state index contributed by atoms with van der Waals surface area (Å²) in [5.41, 5.74) is 0.473. The normalized spacial score (nSPS) is 12.5. The summed E-state index contributed by atoms with van der Waals surface area (Å²) in [5, 5.41) is 16.5. The van der Waals surface area contributed by atoms with Gasteiger partial charge in [-0.2, -0.15) is 5.10 Å². The van der Waals surface area contributed by atoms with Crippen LogP contribution in [0.5, 0.6) is 0 Å². The van der Waals surface area contributed by atoms with E-state index in [1.807, 2.05) is 13.8 Å². The second-order valence-corrected chi connectivity index (χ2v) is 5.61. The molecule has 0 radical (unpaired) electrons. The van der Waals surface area contributed by atoms with Gasteiger partial charge >= 0.3 is 0 Å². The summed E-state index contributed by atoms with van der Waals surface area (Å²) < 4.78 is 1.52. The minimum absolute atomic E-state index is 0.0301. The lowest BCUT2D eigenvalue weighted by atomic mass is 10.0. The molecule has 22 heavy (non-hydrogen) atoms. The van der Waals surface area contributed by atoms with Crippen LogP contribution in [0.15, 0.2) is 35.3 Å². The van der Waals surface area contributed by atoms with Crippen LogP contribution in [0.2, 0.25) is 0 Å². The molecule has 0 aliphatic heterocycles. The molecule has 1 amide bonds. The fraction of sp³-hybridized carbons (Fsp3) is 0.438. The Balaban J connectivity index is 2.19. The van der Waals surface area contributed by atoms with Gasteiger partial charge in [0.1, 0.15) is 6.54 Å². The highest BCUT2D eigenvalue weighted by Gasteiger charge is 2.16. The Morgan fingerprint density at radius 2 is 2.09 bits per heavy atom. The van der Waals surface area contributed by atoms with Gasteiger partial charge in [0.15, 0.2) is 0 Å². The lowest BCUT2D eigenvalue weighted by molar-refractivity contribution is -0.122. The maximum absolute atomic E-state index is 12.2. The number of aliphatic hydroxyl groups is 1. The number of carbonyl (C=O) groups is 1. The summed E-state index contributed by atoms with van der Waals surface area (Å²) in [6, 6.07) is 6.99. The van der Waals surface area contributed by atoms with Crippen molar-refractivity contribution in [2.45, 2.75) is 32.9 Å². The van der Waals surface area contributed by atoms with Crippen LogP contribution in [-0.4, -0.2) is 33.4 Å². The molecule has 118 valence electrons. The molecule has 6 nitrogen and oxygen atoms in total. The minimum Gasteiger partial charge on any atom is -0.396 e. The number of hydrogen-bond acceptors (Lipinski definition) is 4. The number of rotatable bonds is 6. The van der Waals surface area contributed by atoms with E-state index in [2.05, 4.69) is 10.4 Å². The van der Waals surface area contributed by atoms with E-state index in [-0.39, 0.29) is 36.4 Å². The summed E-state index contributed by atoms with van der Waals surface area (Å²) >= 11 is 0. The standard InChI is InChI=1S/C16H21N3O3/c1-11(2)13(7-8-20)18-16(22)10-19-14-6-4-3-5-12(14)15(21)9-17-19/h3-6,9,11,13,20H,7-8,10H2,1-2H3,(H,18,22). The van der Waals surface area contributed by atoms with Crippen molar-refractivity contribution in [1.29, 1.82) is 0 Å². The van der Waals surface area contributed by atoms with Gasteiger partial charge < -0.3 is 10.4 Å². The fourth-order valence-electron chi connectivity index (χ4n) is 2.39. The second-order valence-electron chi connectivity index (χ2n) is 5.61. The van der Waals surface area contributed by atoms with Gasteiger partial charge in [-0.05, 0) is 24.5 Å². The van der Waals surface area contributed by atoms with E-state index in [0.717, 1.165) is 0 Å². The smallest absolute Gasteiger partial charge is 0.241 e. The summed E-state index contributed by atoms with van der Waals surface area (Å²) in [6.45, 7) is 4.05. The number of carbonyl (C=O) groups excluding carboxylic acids is 1. The Labute approximate surface area is 128 Å². The van der Waals surface area contributed by atoms with E-state index in [0.29, 0.717) is 17.3 Å². The molecule has 1 heterocycles. The number of hydrogen-bond donors (Lipinski definition) is 2. The average Bonchev–Trinajstić information content (AvgIpc) is 2.50. The third kappa shape index (κ3) is 3.71. The molecular weight excluding hydrogens is 282 g/mol. The van der Waals surface area contributed by atoms with E-state index >= 15 is 0 Å². The number of aliphatic hydroxyl groups excluding tert-OH is 1. The van der Waals surface area contributed by atoms with E-state index < -0.39 is 0 Å². The molecular formula is C16H21N3O3. The Morgan fingerprint density at radius 3 is 2.77 bits per heavy atom. The average molecular weight is 303 g/mol. The van der Waals surface area contributed by atoms with E-state index in [9.17, 15) is 9.59 Å². The quantitative estimate of drug-likeness (QED) is 0.831. The molecule has 0 saturated heterocycles. The largest absolute Gasteiger partial charge is 0.396 e. The molecule has 1 aromatic carbocycles. The van der Waals surface area contributed by atoms with Crippen LogP contribution in [0, 0.1) is 5.92 Å². The minimum atomic E-state index is -0.187. The lowest BCUT2D eigenvalue weighted by Crippen LogP contribution is -2.41. The van der Waals surface area contributed by atoms with Crippen LogP contribution < -0.4 is 10.7 Å². The Morgan fingerprint density at radius 1 is 1.36 bits per heavy atom. The van der Waals surface area contributed by atoms with Crippen LogP contribution in [-0.2, 0) is 11.3 Å². The first kappa shape index (κ1) is 16.2. The molecule has 6 heteroatoms. The third-order valence-electron chi connectivity index (χ3n) is 3.65. The van der Waals surface area contributed by atoms with Crippen molar-refractivity contribution < 1.29 is 9.90 Å². The van der Waals surface area contributed by atoms with Gasteiger partial charge in [-0.1, -0.05) is 26.0 Å². The summed E-state index contributed by atoms with van der Waals surface area (Å²) in [5.74, 6) is 0.0447. The zero-order valence-corrected chi connectivity index (χ0v) is 12.8. The number of aromatic nitrogens is 2. The lowest BCUT2D eigenvalue weighted by Gasteiger charge is -2.21. The van der Waals surface area contributed by atoms with Crippen LogP contribution in [0.4, 0.5) is 0 Å². The van der Waals surface area contributed by atoms with Crippen LogP contribution >= 0.6 is 0 Å². The summed E-state index contributed by atoms with van der Waals surface area (Å²) in [7, 11) is 0. The van der Waals surface area contributed by atoms with Crippen LogP contribution in [0.25, 0.3) is 10.9 Å². The molecule has 2 N–H and O–H groups in total. The zero-order valence-electron chi connectivity index (χ0n) is 12.8. The van der Waals surface area contributed by atoms with Crippen molar-refractivity contribution in [3.8, 4) is 0 Å². The predicted octanol–water partition coefficient (Wildman–Crippen LogP) is 0.920. The Hall–Kier alpha value is -2.21. The molecule has 0 aliphatic rings. The first-order valence-electron chi connectivity index (χ1n) is 7.38. The van der Waals surface area contributed by atoms with Gasteiger partial charge in [0.25, 0.3) is 0 Å². The van der Waals surface area contributed by atoms with Gasteiger partial charge in [0.2, 0.25) is 11.3 Å². The predicted molar refractivity (Wildman–Crippen MR) is 84.5 cm³/mol. The van der Waals surface area contributed by atoms with Crippen molar-refractivity contribution in [2.24, 2.45) is 5.92 Å². The highest BCUT2D eigenvalue weighted by Crippen LogP contribution is 2.09. The maximum Gasteiger partial charge on any atom is 0.241 e. The number of para-hydroxylation sites is 1. The Kier molecular flexibility index (Phi) is 5.27. The number of amides is 1. The summed E-state index contributed by atoms with van der Waals surface area (Å²) in [6.07, 6.45) is 1.74. The second kappa shape index (κ2) is 7.17. The number of fused-ring (bicyclic) bond motifs is 1. The number of nitrogens with zero attached hydrogens (tertiary/aromatic N) is 2. The van der Waals surface area contributed by atoms with Gasteiger partial charge in [-0.25, -0.2) is 0 Å². The van der Waals surface area contributed by atoms with E-state index in [1.165, 1.54) is 10.9 Å². The van der Waals surface area contributed by atoms with Gasteiger partial charge in [0.05, 0.1) is 11.7 Å². The van der Waals surface area contributed by atoms with Crippen molar-refractivity contribution in [2.75, 3.05) is 6.61 Å². The molecule has 1 atom stereocenters. The maximum atomic E-state index is 12.2. The molecule has 0 fully saturated rings. The molecule has 1 aromatic heterocycles. The van der Waals surface area contributed by atoms with Gasteiger partial charge in [-0.3, -0.25) is 14.3 Å². The Bertz CT molecular complexity index is 709. The van der Waals surface area contributed by atoms with E-state index in [1.54, 1.807) is 24.3 Å². The number of benzene rings is 1. The highest BCUT2D eigenvalue weighted by molar-refractivity contribution is 5.81. The summed E-state index contributed by atoms with van der Waals surface area (Å²) in [4.78, 5) is 24.0. The van der Waals surface area contributed by atoms with Crippen LogP contribution in [0.1, 0.15) is 20.3 Å². The molecule has 2 aromatic rings. The van der Waals surface area contributed by atoms with Crippen molar-refractivity contribution >= 4 is 16.8 Å². The SMILES string of the molecule is CC(C)C(CCO)NC(=O)Cn1ncc(=O)c2ccccc21. The molecule has 0 saturated carbocycles. The number of nitrogens with one attached hydrogen (secondary N) is 1. The third-order valence-corrected chi connectivity index (χ3v) is 3.65. The molecule has 0 bridgehead atoms. The van der Waals surface area contributed by atoms with Gasteiger partial charge in [0, 0.05) is 18.0 Å². The van der Waals surface area contributed by atoms with E-state index in [4.69, 9.17) is 5.11 Å². The fourth-order valence-corrected chi connectivity index (χ4v) is 2.39. The molecule has 0 spiro atoms. The van der Waals surface area contributed by atoms with Gasteiger partial charge in [-0.15, -0.1) is 0 Å². The first-order valence-corrected chi connectivity index (χ1v) is 7.38. The highest BCUT2D eigenvalue weighted by atomic mass is 16.3. The molecule has 0 aliphatic carbocycles. The van der Waals surface area contributed by atoms with Crippen molar-refractivity contribution in [3.05, 3.63) is 40.7 Å². The van der Waals surface area contributed by atoms with Crippen LogP contribution in [0.3, 0.4) is 0 Å². The topological polar surface area (TPSA) is 84.2 Å². The van der Waals surface area contributed by atoms with Crippen molar-refractivity contribution in [3.63, 3.8) is 0 Å². The monoisotopic (exact) mass is 303 g/mol. The molecule has 1 unspecified atom stereocenters. The first-order chi connectivity index (χ1) is 10.5. The zero-order chi connectivity index (χ0) is 16.1. The molecule has 2 rings (SSSR count). The van der Waals surface area contributed by atoms with Crippen molar-refractivity contribution in [1.82, 2.24) is 15.1 Å².